The van der Waals surface area contributed by atoms with Crippen molar-refractivity contribution in [2.75, 3.05) is 0 Å². The predicted molar refractivity (Wildman–Crippen MR) is 98.4 cm³/mol. The molecule has 0 aliphatic heterocycles. The molecule has 0 saturated heterocycles. The number of hydrogen-bond acceptors (Lipinski definition) is 3. The van der Waals surface area contributed by atoms with Crippen LogP contribution >= 0.6 is 0 Å². The number of aryl methyl sites for hydroxylation is 1. The molecule has 0 saturated carbocycles. The molecule has 26 heavy (non-hydrogen) atoms. The Kier molecular flexibility index (Phi) is 4.99. The summed E-state index contributed by atoms with van der Waals surface area (Å²) >= 11 is 0. The zero-order valence-electron chi connectivity index (χ0n) is 14.1. The van der Waals surface area contributed by atoms with Crippen LogP contribution in [0.2, 0.25) is 0 Å². The molecule has 1 amide bonds. The number of furan rings is 1. The van der Waals surface area contributed by atoms with Gasteiger partial charge in [0.05, 0.1) is 0 Å². The van der Waals surface area contributed by atoms with Crippen molar-refractivity contribution in [1.29, 1.82) is 0 Å². The van der Waals surface area contributed by atoms with Crippen LogP contribution in [0.15, 0.2) is 76.8 Å². The molecule has 0 spiro atoms. The second-order valence-corrected chi connectivity index (χ2v) is 5.75. The first-order valence-corrected chi connectivity index (χ1v) is 8.01. The van der Waals surface area contributed by atoms with E-state index < -0.39 is 11.9 Å². The minimum absolute atomic E-state index is 0.260. The van der Waals surface area contributed by atoms with E-state index in [0.717, 1.165) is 11.1 Å². The molecule has 5 nitrogen and oxygen atoms in total. The van der Waals surface area contributed by atoms with Gasteiger partial charge in [0, 0.05) is 17.2 Å². The van der Waals surface area contributed by atoms with Crippen molar-refractivity contribution < 1.29 is 19.1 Å². The Bertz CT molecular complexity index is 953. The topological polar surface area (TPSA) is 79.5 Å². The van der Waals surface area contributed by atoms with Gasteiger partial charge in [-0.3, -0.25) is 4.79 Å². The van der Waals surface area contributed by atoms with E-state index in [-0.39, 0.29) is 5.70 Å². The lowest BCUT2D eigenvalue weighted by Crippen LogP contribution is -2.27. The first-order valence-electron chi connectivity index (χ1n) is 8.01. The van der Waals surface area contributed by atoms with E-state index in [4.69, 9.17) is 4.42 Å². The molecule has 0 fully saturated rings. The zero-order valence-corrected chi connectivity index (χ0v) is 14.1. The van der Waals surface area contributed by atoms with Crippen LogP contribution in [0.4, 0.5) is 0 Å². The number of hydrogen-bond donors (Lipinski definition) is 2. The predicted octanol–water partition coefficient (Wildman–Crippen LogP) is 4.11. The molecule has 2 N–H and O–H groups in total. The van der Waals surface area contributed by atoms with Crippen molar-refractivity contribution in [2.24, 2.45) is 0 Å². The highest BCUT2D eigenvalue weighted by molar-refractivity contribution is 6.02. The Morgan fingerprint density at radius 2 is 1.65 bits per heavy atom. The number of carbonyl (C=O) groups is 2. The number of carboxylic acids is 1. The van der Waals surface area contributed by atoms with Crippen LogP contribution in [-0.4, -0.2) is 17.0 Å². The van der Waals surface area contributed by atoms with Gasteiger partial charge in [-0.15, -0.1) is 0 Å². The molecule has 2 aromatic carbocycles. The Balaban J connectivity index is 1.82. The number of benzene rings is 2. The Labute approximate surface area is 150 Å². The first kappa shape index (κ1) is 17.2. The van der Waals surface area contributed by atoms with E-state index in [1.165, 1.54) is 6.08 Å². The SMILES string of the molecule is Cc1ccc(C(=O)N/C(=C/c2ccc(-c3ccccc3)o2)C(=O)O)cc1. The molecule has 3 rings (SSSR count). The van der Waals surface area contributed by atoms with Crippen LogP contribution in [0.25, 0.3) is 17.4 Å². The average molecular weight is 347 g/mol. The highest BCUT2D eigenvalue weighted by Gasteiger charge is 2.14. The Morgan fingerprint density at radius 1 is 0.962 bits per heavy atom. The standard InChI is InChI=1S/C21H17NO4/c1-14-7-9-16(10-8-14)20(23)22-18(21(24)25)13-17-11-12-19(26-17)15-5-3-2-4-6-15/h2-13H,1H3,(H,22,23)(H,24,25)/b18-13+. The van der Waals surface area contributed by atoms with Crippen LogP contribution in [0.5, 0.6) is 0 Å². The number of nitrogens with one attached hydrogen (secondary N) is 1. The number of carbonyl (C=O) groups excluding carboxylic acids is 1. The van der Waals surface area contributed by atoms with Gasteiger partial charge >= 0.3 is 5.97 Å². The highest BCUT2D eigenvalue weighted by Crippen LogP contribution is 2.23. The number of rotatable bonds is 5. The summed E-state index contributed by atoms with van der Waals surface area (Å²) in [5, 5.41) is 11.8. The maximum atomic E-state index is 12.2. The van der Waals surface area contributed by atoms with E-state index in [1.54, 1.807) is 36.4 Å². The van der Waals surface area contributed by atoms with Crippen molar-refractivity contribution in [3.63, 3.8) is 0 Å². The molecule has 5 heteroatoms. The molecule has 0 unspecified atom stereocenters. The fourth-order valence-electron chi connectivity index (χ4n) is 2.38. The van der Waals surface area contributed by atoms with E-state index in [9.17, 15) is 14.7 Å². The van der Waals surface area contributed by atoms with Gasteiger partial charge in [-0.05, 0) is 31.2 Å². The van der Waals surface area contributed by atoms with Gasteiger partial charge in [-0.25, -0.2) is 4.79 Å². The average Bonchev–Trinajstić information content (AvgIpc) is 3.11. The third kappa shape index (κ3) is 4.08. The summed E-state index contributed by atoms with van der Waals surface area (Å²) in [6, 6.07) is 19.7. The first-order chi connectivity index (χ1) is 12.5. The molecular formula is C21H17NO4. The van der Waals surface area contributed by atoms with Crippen molar-refractivity contribution in [1.82, 2.24) is 5.32 Å². The highest BCUT2D eigenvalue weighted by atomic mass is 16.4. The molecule has 0 aliphatic rings. The molecule has 1 heterocycles. The summed E-state index contributed by atoms with van der Waals surface area (Å²) in [5.41, 5.74) is 2.02. The van der Waals surface area contributed by atoms with Crippen LogP contribution in [0.1, 0.15) is 21.7 Å². The third-order valence-electron chi connectivity index (χ3n) is 3.76. The van der Waals surface area contributed by atoms with Gasteiger partial charge in [0.2, 0.25) is 0 Å². The summed E-state index contributed by atoms with van der Waals surface area (Å²) in [6.07, 6.45) is 1.29. The zero-order chi connectivity index (χ0) is 18.5. The monoisotopic (exact) mass is 347 g/mol. The smallest absolute Gasteiger partial charge is 0.352 e. The van der Waals surface area contributed by atoms with Gasteiger partial charge in [0.1, 0.15) is 17.2 Å². The fraction of sp³-hybridized carbons (Fsp3) is 0.0476. The van der Waals surface area contributed by atoms with Crippen LogP contribution < -0.4 is 5.32 Å². The molecule has 0 radical (unpaired) electrons. The summed E-state index contributed by atoms with van der Waals surface area (Å²) in [5.74, 6) is -0.784. The molecule has 1 aromatic heterocycles. The molecule has 0 bridgehead atoms. The van der Waals surface area contributed by atoms with Crippen molar-refractivity contribution in [3.8, 4) is 11.3 Å². The van der Waals surface area contributed by atoms with E-state index in [0.29, 0.717) is 17.1 Å². The number of aliphatic carboxylic acids is 1. The summed E-state index contributed by atoms with van der Waals surface area (Å²) in [4.78, 5) is 23.7. The maximum absolute atomic E-state index is 12.2. The third-order valence-corrected chi connectivity index (χ3v) is 3.76. The normalized spacial score (nSPS) is 11.2. The van der Waals surface area contributed by atoms with E-state index >= 15 is 0 Å². The summed E-state index contributed by atoms with van der Waals surface area (Å²) in [6.45, 7) is 1.91. The van der Waals surface area contributed by atoms with Crippen LogP contribution in [-0.2, 0) is 4.79 Å². The molecule has 130 valence electrons. The van der Waals surface area contributed by atoms with Crippen LogP contribution in [0, 0.1) is 6.92 Å². The van der Waals surface area contributed by atoms with Crippen molar-refractivity contribution in [3.05, 3.63) is 89.3 Å². The molecular weight excluding hydrogens is 330 g/mol. The molecule has 0 aliphatic carbocycles. The molecule has 3 aromatic rings. The lowest BCUT2D eigenvalue weighted by molar-refractivity contribution is -0.132. The van der Waals surface area contributed by atoms with Gasteiger partial charge in [0.15, 0.2) is 0 Å². The minimum atomic E-state index is -1.25. The summed E-state index contributed by atoms with van der Waals surface area (Å²) in [7, 11) is 0. The Hall–Kier alpha value is -3.60. The van der Waals surface area contributed by atoms with Gasteiger partial charge < -0.3 is 14.8 Å². The molecule has 0 atom stereocenters. The lowest BCUT2D eigenvalue weighted by Gasteiger charge is -2.06. The van der Waals surface area contributed by atoms with Gasteiger partial charge in [-0.2, -0.15) is 0 Å². The van der Waals surface area contributed by atoms with Crippen LogP contribution in [0.3, 0.4) is 0 Å². The van der Waals surface area contributed by atoms with Crippen molar-refractivity contribution >= 4 is 18.0 Å². The maximum Gasteiger partial charge on any atom is 0.352 e. The van der Waals surface area contributed by atoms with E-state index in [1.807, 2.05) is 37.3 Å². The van der Waals surface area contributed by atoms with Crippen molar-refractivity contribution in [2.45, 2.75) is 6.92 Å². The lowest BCUT2D eigenvalue weighted by atomic mass is 10.1. The largest absolute Gasteiger partial charge is 0.477 e. The fourth-order valence-corrected chi connectivity index (χ4v) is 2.38. The number of amides is 1. The minimum Gasteiger partial charge on any atom is -0.477 e. The second kappa shape index (κ2) is 7.53. The quantitative estimate of drug-likeness (QED) is 0.681. The second-order valence-electron chi connectivity index (χ2n) is 5.75. The number of carboxylic acid groups (broad SMARTS) is 1. The Morgan fingerprint density at radius 3 is 2.31 bits per heavy atom. The van der Waals surface area contributed by atoms with Gasteiger partial charge in [0.25, 0.3) is 5.91 Å². The van der Waals surface area contributed by atoms with Gasteiger partial charge in [-0.1, -0.05) is 48.0 Å². The van der Waals surface area contributed by atoms with E-state index in [2.05, 4.69) is 5.32 Å². The summed E-state index contributed by atoms with van der Waals surface area (Å²) < 4.78 is 5.66.